The lowest BCUT2D eigenvalue weighted by molar-refractivity contribution is -0.132. The van der Waals surface area contributed by atoms with Crippen LogP contribution >= 0.6 is 0 Å². The molecule has 0 aromatic carbocycles. The van der Waals surface area contributed by atoms with Crippen molar-refractivity contribution >= 4 is 18.3 Å². The number of carbonyl (C=O) groups is 2. The van der Waals surface area contributed by atoms with Crippen LogP contribution in [0.15, 0.2) is 12.3 Å². The van der Waals surface area contributed by atoms with Gasteiger partial charge in [0.1, 0.15) is 0 Å². The number of amides is 1. The van der Waals surface area contributed by atoms with Crippen molar-refractivity contribution in [2.45, 2.75) is 61.8 Å². The highest BCUT2D eigenvalue weighted by Gasteiger charge is 2.62. The first-order chi connectivity index (χ1) is 12.9. The number of likely N-dealkylation sites (tertiary alicyclic amines) is 1. The molecule has 0 radical (unpaired) electrons. The van der Waals surface area contributed by atoms with Crippen molar-refractivity contribution in [3.8, 4) is 0 Å². The zero-order valence-corrected chi connectivity index (χ0v) is 18.7. The number of anilines is 1. The molecule has 7 nitrogen and oxygen atoms in total. The van der Waals surface area contributed by atoms with Gasteiger partial charge in [0.15, 0.2) is 0 Å². The summed E-state index contributed by atoms with van der Waals surface area (Å²) in [5.41, 5.74) is 6.77. The van der Waals surface area contributed by atoms with Gasteiger partial charge in [-0.2, -0.15) is 0 Å². The average molecular weight is 395 g/mol. The van der Waals surface area contributed by atoms with E-state index in [1.54, 1.807) is 12.3 Å². The topological polar surface area (TPSA) is 109 Å². The third-order valence-electron chi connectivity index (χ3n) is 4.97. The molecule has 2 atom stereocenters. The quantitative estimate of drug-likeness (QED) is 0.704. The van der Waals surface area contributed by atoms with Gasteiger partial charge in [-0.15, -0.1) is 0 Å². The number of nitrogens with zero attached hydrogens (tertiary/aromatic N) is 3. The Morgan fingerprint density at radius 2 is 1.79 bits per heavy atom. The van der Waals surface area contributed by atoms with Gasteiger partial charge in [0, 0.05) is 31.4 Å². The smallest absolute Gasteiger partial charge is 0.290 e. The van der Waals surface area contributed by atoms with Crippen molar-refractivity contribution in [2.24, 2.45) is 22.7 Å². The molecule has 1 aromatic heterocycles. The molecule has 2 fully saturated rings. The summed E-state index contributed by atoms with van der Waals surface area (Å²) in [6, 6.07) is 1.80. The minimum absolute atomic E-state index is 0.124. The lowest BCUT2D eigenvalue weighted by Gasteiger charge is -2.26. The second-order valence-corrected chi connectivity index (χ2v) is 8.73. The van der Waals surface area contributed by atoms with E-state index in [0.29, 0.717) is 23.7 Å². The van der Waals surface area contributed by atoms with Crippen LogP contribution in [-0.2, 0) is 9.59 Å². The molecule has 3 N–H and O–H groups in total. The van der Waals surface area contributed by atoms with Crippen molar-refractivity contribution in [1.29, 1.82) is 0 Å². The lowest BCUT2D eigenvalue weighted by Crippen LogP contribution is -2.35. The van der Waals surface area contributed by atoms with E-state index in [1.165, 1.54) is 0 Å². The molecule has 2 aliphatic rings. The molecule has 1 saturated carbocycles. The molecule has 1 aliphatic heterocycles. The summed E-state index contributed by atoms with van der Waals surface area (Å²) in [4.78, 5) is 29.9. The van der Waals surface area contributed by atoms with Crippen molar-refractivity contribution in [3.05, 3.63) is 18.0 Å². The number of nitrogen functional groups attached to an aromatic ring is 1. The Balaban J connectivity index is 0.000000472. The number of carbonyl (C=O) groups excluding carboxylic acids is 1. The van der Waals surface area contributed by atoms with E-state index < -0.39 is 0 Å². The van der Waals surface area contributed by atoms with Crippen LogP contribution in [0.4, 0.5) is 5.95 Å². The van der Waals surface area contributed by atoms with E-state index in [-0.39, 0.29) is 11.9 Å². The van der Waals surface area contributed by atoms with Crippen LogP contribution < -0.4 is 5.73 Å². The first kappa shape index (κ1) is 25.8. The summed E-state index contributed by atoms with van der Waals surface area (Å²) in [6.07, 6.45) is 2.32. The van der Waals surface area contributed by atoms with Gasteiger partial charge in [0.25, 0.3) is 6.47 Å². The average Bonchev–Trinajstić information content (AvgIpc) is 2.93. The molecule has 1 amide bonds. The van der Waals surface area contributed by atoms with Gasteiger partial charge in [-0.3, -0.25) is 9.59 Å². The Morgan fingerprint density at radius 3 is 2.11 bits per heavy atom. The number of rotatable bonds is 1. The molecule has 1 aliphatic carbocycles. The summed E-state index contributed by atoms with van der Waals surface area (Å²) < 4.78 is 0. The van der Waals surface area contributed by atoms with Crippen LogP contribution in [0, 0.1) is 29.6 Å². The monoisotopic (exact) mass is 394 g/mol. The Bertz CT molecular complexity index is 595. The maximum Gasteiger partial charge on any atom is 0.290 e. The fourth-order valence-corrected chi connectivity index (χ4v) is 3.37. The summed E-state index contributed by atoms with van der Waals surface area (Å²) in [7, 11) is 0. The Hall–Kier alpha value is -2.18. The zero-order valence-electron chi connectivity index (χ0n) is 18.7. The van der Waals surface area contributed by atoms with Crippen LogP contribution in [0.25, 0.3) is 0 Å². The lowest BCUT2D eigenvalue weighted by atomic mass is 9.91. The normalized spacial score (nSPS) is 20.8. The van der Waals surface area contributed by atoms with Gasteiger partial charge in [-0.05, 0) is 35.7 Å². The SMILES string of the molecule is CC.CC(C)(C)CC(=O)N1CC2C(C1)C2(C)C.Cc1ccnc(N)n1.O=CO. The van der Waals surface area contributed by atoms with E-state index in [4.69, 9.17) is 15.6 Å². The van der Waals surface area contributed by atoms with Crippen LogP contribution in [0.2, 0.25) is 0 Å². The molecule has 0 spiro atoms. The van der Waals surface area contributed by atoms with E-state index in [9.17, 15) is 4.79 Å². The van der Waals surface area contributed by atoms with Gasteiger partial charge >= 0.3 is 0 Å². The Morgan fingerprint density at radius 1 is 1.32 bits per heavy atom. The van der Waals surface area contributed by atoms with Crippen molar-refractivity contribution < 1.29 is 14.7 Å². The van der Waals surface area contributed by atoms with Crippen LogP contribution in [0.5, 0.6) is 0 Å². The van der Waals surface area contributed by atoms with Crippen molar-refractivity contribution in [2.75, 3.05) is 18.8 Å². The first-order valence-corrected chi connectivity index (χ1v) is 9.83. The second-order valence-electron chi connectivity index (χ2n) is 8.73. The number of hydrogen-bond donors (Lipinski definition) is 2. The first-order valence-electron chi connectivity index (χ1n) is 9.83. The fraction of sp³-hybridized carbons (Fsp3) is 0.714. The van der Waals surface area contributed by atoms with Gasteiger partial charge in [0.05, 0.1) is 0 Å². The molecular weight excluding hydrogens is 356 g/mol. The molecule has 160 valence electrons. The predicted molar refractivity (Wildman–Crippen MR) is 113 cm³/mol. The Kier molecular flexibility index (Phi) is 10.1. The van der Waals surface area contributed by atoms with E-state index in [0.717, 1.165) is 30.6 Å². The predicted octanol–water partition coefficient (Wildman–Crippen LogP) is 3.63. The van der Waals surface area contributed by atoms with Gasteiger partial charge in [0.2, 0.25) is 11.9 Å². The molecule has 1 saturated heterocycles. The number of carboxylic acid groups (broad SMARTS) is 1. The summed E-state index contributed by atoms with van der Waals surface area (Å²) in [5, 5.41) is 6.89. The molecule has 7 heteroatoms. The van der Waals surface area contributed by atoms with E-state index >= 15 is 0 Å². The van der Waals surface area contributed by atoms with Gasteiger partial charge < -0.3 is 15.7 Å². The summed E-state index contributed by atoms with van der Waals surface area (Å²) >= 11 is 0. The summed E-state index contributed by atoms with van der Waals surface area (Å²) in [5.74, 6) is 2.25. The zero-order chi connectivity index (χ0) is 22.1. The highest BCUT2D eigenvalue weighted by atomic mass is 16.3. The highest BCUT2D eigenvalue weighted by molar-refractivity contribution is 5.77. The van der Waals surface area contributed by atoms with Crippen molar-refractivity contribution in [3.63, 3.8) is 0 Å². The number of nitrogens with two attached hydrogens (primary N) is 1. The molecule has 3 rings (SSSR count). The molecule has 2 unspecified atom stereocenters. The number of aryl methyl sites for hydroxylation is 1. The molecule has 28 heavy (non-hydrogen) atoms. The third-order valence-corrected chi connectivity index (χ3v) is 4.97. The minimum atomic E-state index is -0.250. The fourth-order valence-electron chi connectivity index (χ4n) is 3.37. The minimum Gasteiger partial charge on any atom is -0.483 e. The van der Waals surface area contributed by atoms with Crippen molar-refractivity contribution in [1.82, 2.24) is 14.9 Å². The number of aromatic nitrogens is 2. The molecular formula is C21H38N4O3. The van der Waals surface area contributed by atoms with Crippen LogP contribution in [0.1, 0.15) is 60.6 Å². The third kappa shape index (κ3) is 8.23. The maximum atomic E-state index is 12.0. The summed E-state index contributed by atoms with van der Waals surface area (Å²) in [6.45, 7) is 18.7. The molecule has 1 aromatic rings. The van der Waals surface area contributed by atoms with Crippen LogP contribution in [-0.4, -0.2) is 45.4 Å². The van der Waals surface area contributed by atoms with E-state index in [1.807, 2.05) is 20.8 Å². The van der Waals surface area contributed by atoms with E-state index in [2.05, 4.69) is 49.5 Å². The second kappa shape index (κ2) is 11.0. The maximum absolute atomic E-state index is 12.0. The Labute approximate surface area is 169 Å². The van der Waals surface area contributed by atoms with Gasteiger partial charge in [-0.1, -0.05) is 48.5 Å². The molecule has 2 heterocycles. The number of hydrogen-bond acceptors (Lipinski definition) is 5. The standard InChI is InChI=1S/C13H23NO.C5H7N3.C2H6.CH2O2/c1-12(2,3)6-11(15)14-7-9-10(8-14)13(9,4)5;1-4-2-3-7-5(6)8-4;1-2;2-1-3/h9-10H,6-8H2,1-5H3;2-3H,1H3,(H2,6,7,8);1-2H3;1H,(H,2,3). The van der Waals surface area contributed by atoms with Gasteiger partial charge in [-0.25, -0.2) is 9.97 Å². The highest BCUT2D eigenvalue weighted by Crippen LogP contribution is 2.62. The largest absolute Gasteiger partial charge is 0.483 e. The molecule has 0 bridgehead atoms. The number of fused-ring (bicyclic) bond motifs is 1. The van der Waals surface area contributed by atoms with Crippen LogP contribution in [0.3, 0.4) is 0 Å². The number of piperidine rings is 1.